The van der Waals surface area contributed by atoms with Gasteiger partial charge in [-0.1, -0.05) is 62.3 Å². The lowest BCUT2D eigenvalue weighted by molar-refractivity contribution is -0.149. The van der Waals surface area contributed by atoms with Gasteiger partial charge < -0.3 is 50.9 Å². The summed E-state index contributed by atoms with van der Waals surface area (Å²) in [4.78, 5) is 118. The van der Waals surface area contributed by atoms with Crippen LogP contribution in [0.3, 0.4) is 0 Å². The molecule has 0 fully saturated rings. The Hall–Kier alpha value is -3.97. The number of hydrogen-bond acceptors (Lipinski definition) is 11. The van der Waals surface area contributed by atoms with E-state index in [2.05, 4.69) is 40.0 Å². The van der Waals surface area contributed by atoms with Crippen LogP contribution in [0.1, 0.15) is 135 Å². The highest BCUT2D eigenvalue weighted by molar-refractivity contribution is 7.99. The number of carbonyl (C=O) groups is 8. The van der Waals surface area contributed by atoms with Crippen molar-refractivity contribution in [3.8, 4) is 0 Å². The number of rotatable bonds is 32. The Balaban J connectivity index is 6.46. The third kappa shape index (κ3) is 21.8. The number of unbranched alkanes of at least 4 members (excludes halogenated alkanes) is 1. The summed E-state index contributed by atoms with van der Waals surface area (Å²) < 4.78 is 0. The van der Waals surface area contributed by atoms with Gasteiger partial charge in [0, 0.05) is 53.8 Å². The van der Waals surface area contributed by atoms with E-state index in [9.17, 15) is 43.5 Å². The van der Waals surface area contributed by atoms with E-state index in [0.29, 0.717) is 18.6 Å². The van der Waals surface area contributed by atoms with Gasteiger partial charge >= 0.3 is 0 Å². The van der Waals surface area contributed by atoms with Gasteiger partial charge in [-0.2, -0.15) is 11.8 Å². The summed E-state index contributed by atoms with van der Waals surface area (Å²) >= 11 is 1.57. The number of carbonyl (C=O) groups excluding carboxylic acids is 8. The zero-order valence-corrected chi connectivity index (χ0v) is 45.9. The second-order valence-corrected chi connectivity index (χ2v) is 21.2. The normalized spacial score (nSPS) is 14.9. The van der Waals surface area contributed by atoms with Crippen LogP contribution in [-0.4, -0.2) is 191 Å². The number of amides is 8. The van der Waals surface area contributed by atoms with Crippen LogP contribution in [0.4, 0.5) is 0 Å². The van der Waals surface area contributed by atoms with E-state index in [1.807, 2.05) is 34.6 Å². The molecule has 19 heteroatoms. The molecule has 0 aromatic carbocycles. The number of aliphatic hydroxyl groups is 1. The molecule has 5 N–H and O–H groups in total. The summed E-state index contributed by atoms with van der Waals surface area (Å²) in [6.07, 6.45) is 3.21. The van der Waals surface area contributed by atoms with Gasteiger partial charge in [-0.15, -0.1) is 0 Å². The molecule has 8 amide bonds. The molecular formula is C49H93N9O9S. The van der Waals surface area contributed by atoms with Crippen molar-refractivity contribution in [1.82, 2.24) is 45.8 Å². The lowest BCUT2D eigenvalue weighted by Crippen LogP contribution is -2.61. The minimum absolute atomic E-state index is 0.0822. The Labute approximate surface area is 413 Å². The molecule has 0 unspecified atom stereocenters. The second kappa shape index (κ2) is 31.3. The lowest BCUT2D eigenvalue weighted by atomic mass is 9.95. The molecular weight excluding hydrogens is 891 g/mol. The van der Waals surface area contributed by atoms with Crippen LogP contribution in [0, 0.1) is 17.8 Å². The maximum absolute atomic E-state index is 14.5. The molecule has 18 nitrogen and oxygen atoms in total. The topological polar surface area (TPSA) is 221 Å². The molecule has 7 atom stereocenters. The molecule has 0 radical (unpaired) electrons. The van der Waals surface area contributed by atoms with Gasteiger partial charge in [0.1, 0.15) is 42.3 Å². The van der Waals surface area contributed by atoms with Crippen LogP contribution in [-0.2, 0) is 38.4 Å². The lowest BCUT2D eigenvalue weighted by Gasteiger charge is -2.38. The van der Waals surface area contributed by atoms with Crippen molar-refractivity contribution in [3.05, 3.63) is 0 Å². The van der Waals surface area contributed by atoms with E-state index in [1.165, 1.54) is 75.5 Å². The van der Waals surface area contributed by atoms with Crippen LogP contribution in [0.5, 0.6) is 0 Å². The average Bonchev–Trinajstić information content (AvgIpc) is 3.26. The van der Waals surface area contributed by atoms with Crippen molar-refractivity contribution >= 4 is 59.0 Å². The fourth-order valence-corrected chi connectivity index (χ4v) is 8.93. The van der Waals surface area contributed by atoms with E-state index < -0.39 is 89.3 Å². The van der Waals surface area contributed by atoms with Gasteiger partial charge in [0.15, 0.2) is 0 Å². The van der Waals surface area contributed by atoms with Crippen molar-refractivity contribution in [3.63, 3.8) is 0 Å². The van der Waals surface area contributed by atoms with Gasteiger partial charge in [0.25, 0.3) is 0 Å². The molecule has 0 aliphatic rings. The van der Waals surface area contributed by atoms with E-state index >= 15 is 0 Å². The van der Waals surface area contributed by atoms with Crippen molar-refractivity contribution < 1.29 is 43.5 Å². The monoisotopic (exact) mass is 984 g/mol. The average molecular weight is 984 g/mol. The number of nitrogens with zero attached hydrogens (tertiary/aromatic N) is 5. The van der Waals surface area contributed by atoms with E-state index in [1.54, 1.807) is 32.7 Å². The molecule has 0 spiro atoms. The Morgan fingerprint density at radius 3 is 1.54 bits per heavy atom. The quantitative estimate of drug-likeness (QED) is 0.0617. The molecule has 0 aliphatic carbocycles. The predicted octanol–water partition coefficient (Wildman–Crippen LogP) is 3.10. The molecule has 394 valence electrons. The van der Waals surface area contributed by atoms with Crippen molar-refractivity contribution in [2.24, 2.45) is 17.8 Å². The van der Waals surface area contributed by atoms with Gasteiger partial charge in [-0.3, -0.25) is 38.4 Å². The molecule has 0 rings (SSSR count). The van der Waals surface area contributed by atoms with E-state index in [4.69, 9.17) is 0 Å². The first-order valence-electron chi connectivity index (χ1n) is 24.7. The van der Waals surface area contributed by atoms with Crippen molar-refractivity contribution in [2.45, 2.75) is 183 Å². The Bertz CT molecular complexity index is 1620. The second-order valence-electron chi connectivity index (χ2n) is 20.1. The smallest absolute Gasteiger partial charge is 0.246 e. The molecule has 68 heavy (non-hydrogen) atoms. The summed E-state index contributed by atoms with van der Waals surface area (Å²) in [5.41, 5.74) is -1.42. The molecule has 0 saturated carbocycles. The summed E-state index contributed by atoms with van der Waals surface area (Å²) in [7, 11) is 7.52. The molecule has 0 aromatic heterocycles. The maximum atomic E-state index is 14.5. The van der Waals surface area contributed by atoms with Crippen LogP contribution < -0.4 is 21.3 Å². The summed E-state index contributed by atoms with van der Waals surface area (Å²) in [6.45, 7) is 26.2. The zero-order chi connectivity index (χ0) is 52.8. The fraction of sp³-hybridized carbons (Fsp3) is 0.837. The summed E-state index contributed by atoms with van der Waals surface area (Å²) in [6, 6.07) is -7.28. The maximum Gasteiger partial charge on any atom is 0.246 e. The molecule has 0 aromatic rings. The number of thioether (sulfide) groups is 1. The fourth-order valence-electron chi connectivity index (χ4n) is 7.77. The van der Waals surface area contributed by atoms with Crippen LogP contribution >= 0.6 is 11.8 Å². The molecule has 0 aliphatic heterocycles. The van der Waals surface area contributed by atoms with E-state index in [-0.39, 0.29) is 42.9 Å². The van der Waals surface area contributed by atoms with E-state index in [0.717, 1.165) is 38.2 Å². The van der Waals surface area contributed by atoms with Crippen LogP contribution in [0.15, 0.2) is 0 Å². The van der Waals surface area contributed by atoms with Crippen molar-refractivity contribution in [1.29, 1.82) is 0 Å². The summed E-state index contributed by atoms with van der Waals surface area (Å²) in [5, 5.41) is 21.8. The first kappa shape index (κ1) is 64.0. The highest BCUT2D eigenvalue weighted by Crippen LogP contribution is 2.22. The SMILES string of the molecule is CCCC(=O)N(C)[C@H](CSCCCCN(CC)CC)C(=O)N(C)[C@@H](CC(C)(C)O)C(=O)N[C@H](C(=O)N(C)[C@@H](CC(C)C)C(=O)N[C@H](C)C(=O)N[C@@H](C)C(=O)N(C)[C@@H](CC(C)C)C(=O)NC)C(C)C. The number of hydrogen-bond donors (Lipinski definition) is 5. The number of likely N-dealkylation sites (N-methyl/N-ethyl adjacent to an activating group) is 5. The zero-order valence-electron chi connectivity index (χ0n) is 45.1. The minimum atomic E-state index is -1.42. The predicted molar refractivity (Wildman–Crippen MR) is 271 cm³/mol. The first-order valence-corrected chi connectivity index (χ1v) is 25.9. The van der Waals surface area contributed by atoms with Crippen LogP contribution in [0.25, 0.3) is 0 Å². The highest BCUT2D eigenvalue weighted by atomic mass is 32.2. The van der Waals surface area contributed by atoms with Gasteiger partial charge in [-0.05, 0) is 103 Å². The highest BCUT2D eigenvalue weighted by Gasteiger charge is 2.41. The molecule has 0 heterocycles. The third-order valence-electron chi connectivity index (χ3n) is 12.2. The van der Waals surface area contributed by atoms with Gasteiger partial charge in [0.2, 0.25) is 47.3 Å². The molecule has 0 bridgehead atoms. The Kier molecular flexibility index (Phi) is 29.5. The molecule has 0 saturated heterocycles. The standard InChI is InChI=1S/C49H93N9O9S/c1-19-24-40(59)54(15)39(30-68-26-23-22-25-58(20-2)21-3)47(65)57(18)38(29-49(12,13)67)45(63)53-41(33(8)9)48(66)56(17)37(28-32(6)7)44(62)51-34(10)42(60)52-35(11)46(64)55(16)36(27-31(4)5)43(61)50-14/h31-39,41,67H,19-30H2,1-18H3,(H,50,61)(H,51,62)(H,52,60)(H,53,63)/t34-,35+,36+,37+,38+,39-,41+/m1/s1. The van der Waals surface area contributed by atoms with Crippen LogP contribution in [0.2, 0.25) is 0 Å². The first-order chi connectivity index (χ1) is 31.5. The Morgan fingerprint density at radius 2 is 1.07 bits per heavy atom. The van der Waals surface area contributed by atoms with Crippen molar-refractivity contribution in [2.75, 3.05) is 66.4 Å². The largest absolute Gasteiger partial charge is 0.390 e. The number of nitrogens with one attached hydrogen (secondary N) is 4. The Morgan fingerprint density at radius 1 is 0.588 bits per heavy atom. The van der Waals surface area contributed by atoms with Gasteiger partial charge in [0.05, 0.1) is 5.60 Å². The minimum Gasteiger partial charge on any atom is -0.390 e. The van der Waals surface area contributed by atoms with Gasteiger partial charge in [-0.25, -0.2) is 0 Å². The third-order valence-corrected chi connectivity index (χ3v) is 13.3. The summed E-state index contributed by atoms with van der Waals surface area (Å²) in [5.74, 6) is -3.42.